The molecule has 0 spiro atoms. The van der Waals surface area contributed by atoms with Gasteiger partial charge in [-0.05, 0) is 36.0 Å². The number of rotatable bonds is 6. The van der Waals surface area contributed by atoms with Gasteiger partial charge in [-0.2, -0.15) is 5.10 Å². The minimum absolute atomic E-state index is 0.449. The van der Waals surface area contributed by atoms with E-state index in [1.54, 1.807) is 6.33 Å². The largest absolute Gasteiger partial charge is 0.306 e. The first-order valence-corrected chi connectivity index (χ1v) is 8.13. The second-order valence-corrected chi connectivity index (χ2v) is 6.14. The molecule has 0 saturated heterocycles. The van der Waals surface area contributed by atoms with Crippen molar-refractivity contribution < 1.29 is 0 Å². The fourth-order valence-electron chi connectivity index (χ4n) is 3.05. The van der Waals surface area contributed by atoms with Gasteiger partial charge in [0.2, 0.25) is 0 Å². The molecular formula is C19H20N4. The van der Waals surface area contributed by atoms with Crippen LogP contribution in [0.15, 0.2) is 60.9 Å². The summed E-state index contributed by atoms with van der Waals surface area (Å²) in [5, 5.41) is 10.6. The van der Waals surface area contributed by atoms with Crippen LogP contribution in [0.4, 0.5) is 0 Å². The number of hydrogen-bond donors (Lipinski definition) is 2. The standard InChI is InChI=1S/C19H20N4/c1-2-6-15(7-3-1)18(16-9-10-16)20-12-14-5-4-8-17(11-14)19-21-13-22-23-19/h1-8,11,13,16,18,20H,9-10,12H2,(H,21,22,23)/t18-/m0/s1. The second kappa shape index (κ2) is 6.34. The quantitative estimate of drug-likeness (QED) is 0.730. The van der Waals surface area contributed by atoms with E-state index in [2.05, 4.69) is 75.1 Å². The van der Waals surface area contributed by atoms with Gasteiger partial charge in [0.25, 0.3) is 0 Å². The maximum atomic E-state index is 4.22. The molecule has 0 aliphatic heterocycles. The molecule has 1 aromatic heterocycles. The van der Waals surface area contributed by atoms with E-state index in [4.69, 9.17) is 0 Å². The Kier molecular flexibility index (Phi) is 3.90. The van der Waals surface area contributed by atoms with E-state index in [9.17, 15) is 0 Å². The Labute approximate surface area is 136 Å². The molecule has 4 heteroatoms. The van der Waals surface area contributed by atoms with Crippen molar-refractivity contribution in [1.82, 2.24) is 20.5 Å². The summed E-state index contributed by atoms with van der Waals surface area (Å²) >= 11 is 0. The number of nitrogens with one attached hydrogen (secondary N) is 2. The highest BCUT2D eigenvalue weighted by Gasteiger charge is 2.31. The molecule has 4 rings (SSSR count). The number of hydrogen-bond acceptors (Lipinski definition) is 3. The Balaban J connectivity index is 1.48. The van der Waals surface area contributed by atoms with Crippen molar-refractivity contribution in [2.45, 2.75) is 25.4 Å². The molecule has 2 N–H and O–H groups in total. The van der Waals surface area contributed by atoms with Gasteiger partial charge in [-0.15, -0.1) is 0 Å². The predicted octanol–water partition coefficient (Wildman–Crippen LogP) is 3.71. The Morgan fingerprint density at radius 2 is 1.96 bits per heavy atom. The molecule has 1 aliphatic rings. The number of aromatic nitrogens is 3. The van der Waals surface area contributed by atoms with Crippen LogP contribution in [0.3, 0.4) is 0 Å². The lowest BCUT2D eigenvalue weighted by Gasteiger charge is -2.19. The average Bonchev–Trinajstić information content (AvgIpc) is 3.29. The smallest absolute Gasteiger partial charge is 0.155 e. The maximum Gasteiger partial charge on any atom is 0.155 e. The molecule has 1 aliphatic carbocycles. The Morgan fingerprint density at radius 1 is 1.09 bits per heavy atom. The van der Waals surface area contributed by atoms with Gasteiger partial charge in [-0.25, -0.2) is 4.98 Å². The van der Waals surface area contributed by atoms with Gasteiger partial charge in [-0.3, -0.25) is 5.10 Å². The van der Waals surface area contributed by atoms with Gasteiger partial charge in [0.1, 0.15) is 6.33 Å². The number of nitrogens with zero attached hydrogens (tertiary/aromatic N) is 2. The molecule has 2 aromatic carbocycles. The summed E-state index contributed by atoms with van der Waals surface area (Å²) in [4.78, 5) is 4.22. The first-order valence-electron chi connectivity index (χ1n) is 8.13. The molecule has 4 nitrogen and oxygen atoms in total. The van der Waals surface area contributed by atoms with Crippen LogP contribution in [0.25, 0.3) is 11.4 Å². The summed E-state index contributed by atoms with van der Waals surface area (Å²) in [7, 11) is 0. The Hall–Kier alpha value is -2.46. The fraction of sp³-hybridized carbons (Fsp3) is 0.263. The molecule has 1 saturated carbocycles. The summed E-state index contributed by atoms with van der Waals surface area (Å²) in [5.74, 6) is 1.59. The average molecular weight is 304 g/mol. The van der Waals surface area contributed by atoms with Gasteiger partial charge in [0, 0.05) is 18.2 Å². The highest BCUT2D eigenvalue weighted by atomic mass is 15.2. The second-order valence-electron chi connectivity index (χ2n) is 6.14. The molecule has 0 radical (unpaired) electrons. The highest BCUT2D eigenvalue weighted by Crippen LogP contribution is 2.41. The van der Waals surface area contributed by atoms with Crippen LogP contribution in [-0.2, 0) is 6.54 Å². The highest BCUT2D eigenvalue weighted by molar-refractivity contribution is 5.55. The predicted molar refractivity (Wildman–Crippen MR) is 90.6 cm³/mol. The molecular weight excluding hydrogens is 284 g/mol. The zero-order valence-corrected chi connectivity index (χ0v) is 12.9. The van der Waals surface area contributed by atoms with Crippen molar-refractivity contribution in [3.63, 3.8) is 0 Å². The van der Waals surface area contributed by atoms with Crippen molar-refractivity contribution in [1.29, 1.82) is 0 Å². The van der Waals surface area contributed by atoms with Crippen LogP contribution in [-0.4, -0.2) is 15.2 Å². The van der Waals surface area contributed by atoms with Crippen molar-refractivity contribution in [2.24, 2.45) is 5.92 Å². The van der Waals surface area contributed by atoms with E-state index in [0.717, 1.165) is 23.9 Å². The summed E-state index contributed by atoms with van der Waals surface area (Å²) in [6, 6.07) is 19.7. The molecule has 116 valence electrons. The minimum atomic E-state index is 0.449. The first kappa shape index (κ1) is 14.2. The fourth-order valence-corrected chi connectivity index (χ4v) is 3.05. The van der Waals surface area contributed by atoms with Gasteiger partial charge in [-0.1, -0.05) is 48.5 Å². The van der Waals surface area contributed by atoms with Crippen molar-refractivity contribution in [3.8, 4) is 11.4 Å². The van der Waals surface area contributed by atoms with E-state index in [-0.39, 0.29) is 0 Å². The molecule has 3 aromatic rings. The van der Waals surface area contributed by atoms with Crippen molar-refractivity contribution >= 4 is 0 Å². The van der Waals surface area contributed by atoms with E-state index >= 15 is 0 Å². The third-order valence-electron chi connectivity index (χ3n) is 4.39. The summed E-state index contributed by atoms with van der Waals surface area (Å²) in [6.07, 6.45) is 4.19. The Morgan fingerprint density at radius 3 is 2.70 bits per heavy atom. The van der Waals surface area contributed by atoms with Crippen LogP contribution >= 0.6 is 0 Å². The maximum absolute atomic E-state index is 4.22. The first-order chi connectivity index (χ1) is 11.4. The zero-order chi connectivity index (χ0) is 15.5. The third-order valence-corrected chi connectivity index (χ3v) is 4.39. The monoisotopic (exact) mass is 304 g/mol. The molecule has 1 fully saturated rings. The van der Waals surface area contributed by atoms with E-state index in [1.807, 2.05) is 0 Å². The SMILES string of the molecule is c1ccc([C@H](NCc2cccc(-c3ncn[nH]3)c2)C2CC2)cc1. The lowest BCUT2D eigenvalue weighted by atomic mass is 10.0. The molecule has 23 heavy (non-hydrogen) atoms. The number of aromatic amines is 1. The molecule has 1 atom stereocenters. The summed E-state index contributed by atoms with van der Waals surface area (Å²) in [6.45, 7) is 0.859. The van der Waals surface area contributed by atoms with Gasteiger partial charge in [0.05, 0.1) is 0 Å². The molecule has 0 amide bonds. The molecule has 1 heterocycles. The van der Waals surface area contributed by atoms with Crippen LogP contribution in [0.1, 0.15) is 30.0 Å². The Bertz CT molecular complexity index is 748. The normalized spacial score (nSPS) is 15.5. The van der Waals surface area contributed by atoms with Gasteiger partial charge < -0.3 is 5.32 Å². The molecule has 0 unspecified atom stereocenters. The summed E-state index contributed by atoms with van der Waals surface area (Å²) in [5.41, 5.74) is 3.73. The lowest BCUT2D eigenvalue weighted by molar-refractivity contribution is 0.480. The molecule has 0 bridgehead atoms. The van der Waals surface area contributed by atoms with E-state index in [0.29, 0.717) is 6.04 Å². The van der Waals surface area contributed by atoms with E-state index < -0.39 is 0 Å². The van der Waals surface area contributed by atoms with Gasteiger partial charge >= 0.3 is 0 Å². The number of benzene rings is 2. The minimum Gasteiger partial charge on any atom is -0.306 e. The van der Waals surface area contributed by atoms with Crippen LogP contribution in [0.5, 0.6) is 0 Å². The van der Waals surface area contributed by atoms with E-state index in [1.165, 1.54) is 24.0 Å². The van der Waals surface area contributed by atoms with Crippen LogP contribution in [0, 0.1) is 5.92 Å². The summed E-state index contributed by atoms with van der Waals surface area (Å²) < 4.78 is 0. The third kappa shape index (κ3) is 3.32. The van der Waals surface area contributed by atoms with Crippen LogP contribution in [0.2, 0.25) is 0 Å². The van der Waals surface area contributed by atoms with Crippen LogP contribution < -0.4 is 5.32 Å². The lowest BCUT2D eigenvalue weighted by Crippen LogP contribution is -2.22. The van der Waals surface area contributed by atoms with Crippen molar-refractivity contribution in [3.05, 3.63) is 72.1 Å². The number of H-pyrrole nitrogens is 1. The van der Waals surface area contributed by atoms with Gasteiger partial charge in [0.15, 0.2) is 5.82 Å². The zero-order valence-electron chi connectivity index (χ0n) is 12.9. The topological polar surface area (TPSA) is 53.6 Å². The van der Waals surface area contributed by atoms with Crippen molar-refractivity contribution in [2.75, 3.05) is 0 Å².